The molecule has 1 heterocycles. The maximum Gasteiger partial charge on any atom is 0.207 e. The second-order valence-electron chi connectivity index (χ2n) is 3.18. The van der Waals surface area contributed by atoms with Crippen LogP contribution in [0.3, 0.4) is 0 Å². The fourth-order valence-corrected chi connectivity index (χ4v) is 1.40. The molecule has 0 aliphatic carbocycles. The highest BCUT2D eigenvalue weighted by molar-refractivity contribution is 5.70. The number of nitrogens with one attached hydrogen (secondary N) is 1. The number of ether oxygens (including phenoxy) is 1. The molecular weight excluding hydrogens is 213 g/mol. The van der Waals surface area contributed by atoms with Gasteiger partial charge in [0.1, 0.15) is 5.82 Å². The van der Waals surface area contributed by atoms with E-state index >= 15 is 0 Å². The molecule has 0 bridgehead atoms. The lowest BCUT2D eigenvalue weighted by Gasteiger charge is -2.06. The molecule has 0 saturated carbocycles. The second kappa shape index (κ2) is 3.73. The minimum atomic E-state index is -0.812. The van der Waals surface area contributed by atoms with Gasteiger partial charge in [0.25, 0.3) is 0 Å². The zero-order chi connectivity index (χ0) is 11.7. The Labute approximate surface area is 90.7 Å². The van der Waals surface area contributed by atoms with E-state index in [4.69, 9.17) is 10.5 Å². The summed E-state index contributed by atoms with van der Waals surface area (Å²) in [5.41, 5.74) is 6.14. The summed E-state index contributed by atoms with van der Waals surface area (Å²) in [5.74, 6) is -1.06. The van der Waals surface area contributed by atoms with Crippen LogP contribution in [0.1, 0.15) is 0 Å². The molecule has 84 valence electrons. The smallest absolute Gasteiger partial charge is 0.207 e. The van der Waals surface area contributed by atoms with Gasteiger partial charge in [-0.1, -0.05) is 0 Å². The van der Waals surface area contributed by atoms with Crippen molar-refractivity contribution in [1.29, 1.82) is 0 Å². The first-order chi connectivity index (χ1) is 7.63. The van der Waals surface area contributed by atoms with Gasteiger partial charge in [0.2, 0.25) is 5.82 Å². The molecule has 0 saturated heterocycles. The largest absolute Gasteiger partial charge is 0.504 e. The van der Waals surface area contributed by atoms with Crippen LogP contribution in [0.15, 0.2) is 18.2 Å². The van der Waals surface area contributed by atoms with E-state index < -0.39 is 11.6 Å². The number of anilines is 1. The van der Waals surface area contributed by atoms with Crippen LogP contribution >= 0.6 is 0 Å². The first kappa shape index (κ1) is 10.3. The number of nitrogens with zero attached hydrogens (tertiary/aromatic N) is 1. The van der Waals surface area contributed by atoms with Crippen molar-refractivity contribution in [2.24, 2.45) is 0 Å². The van der Waals surface area contributed by atoms with Crippen LogP contribution < -0.4 is 10.5 Å². The molecule has 6 heteroatoms. The summed E-state index contributed by atoms with van der Waals surface area (Å²) in [6, 6.07) is 4.44. The van der Waals surface area contributed by atoms with Crippen molar-refractivity contribution in [3.8, 4) is 22.8 Å². The fraction of sp³-hybridized carbons (Fsp3) is 0.100. The predicted molar refractivity (Wildman–Crippen MR) is 56.6 cm³/mol. The van der Waals surface area contributed by atoms with Crippen LogP contribution in [0.5, 0.6) is 11.5 Å². The Hall–Kier alpha value is -2.24. The molecule has 0 unspecified atom stereocenters. The quantitative estimate of drug-likeness (QED) is 0.720. The van der Waals surface area contributed by atoms with Crippen molar-refractivity contribution in [3.05, 3.63) is 24.0 Å². The van der Waals surface area contributed by atoms with Gasteiger partial charge >= 0.3 is 0 Å². The number of methoxy groups -OCH3 is 1. The van der Waals surface area contributed by atoms with Crippen molar-refractivity contribution < 1.29 is 14.2 Å². The zero-order valence-corrected chi connectivity index (χ0v) is 8.49. The van der Waals surface area contributed by atoms with Gasteiger partial charge in [0.05, 0.1) is 12.8 Å². The van der Waals surface area contributed by atoms with Crippen LogP contribution in [0.2, 0.25) is 0 Å². The fourth-order valence-electron chi connectivity index (χ4n) is 1.40. The third kappa shape index (κ3) is 1.54. The Morgan fingerprint density at radius 2 is 2.25 bits per heavy atom. The molecule has 0 spiro atoms. The zero-order valence-electron chi connectivity index (χ0n) is 8.49. The summed E-state index contributed by atoms with van der Waals surface area (Å²) in [7, 11) is 1.33. The van der Waals surface area contributed by atoms with Gasteiger partial charge in [-0.2, -0.15) is 9.49 Å². The van der Waals surface area contributed by atoms with Crippen molar-refractivity contribution in [1.82, 2.24) is 10.2 Å². The van der Waals surface area contributed by atoms with Crippen LogP contribution in [-0.4, -0.2) is 22.4 Å². The predicted octanol–water partition coefficient (Wildman–Crippen LogP) is 1.51. The van der Waals surface area contributed by atoms with Crippen LogP contribution in [-0.2, 0) is 0 Å². The highest BCUT2D eigenvalue weighted by atomic mass is 19.1. The standard InChI is InChI=1S/C10H10FN3O2/c1-16-7-3-2-5(10(15)9(7)11)6-4-8(12)14-13-6/h2-4,15H,1H3,(H3,12,13,14). The molecule has 0 amide bonds. The van der Waals surface area contributed by atoms with Crippen molar-refractivity contribution >= 4 is 5.82 Å². The number of aromatic hydroxyl groups is 1. The highest BCUT2D eigenvalue weighted by Gasteiger charge is 2.15. The third-order valence-electron chi connectivity index (χ3n) is 2.19. The normalized spacial score (nSPS) is 10.4. The van der Waals surface area contributed by atoms with E-state index in [1.807, 2.05) is 0 Å². The van der Waals surface area contributed by atoms with Crippen molar-refractivity contribution in [3.63, 3.8) is 0 Å². The minimum absolute atomic E-state index is 0.0197. The van der Waals surface area contributed by atoms with E-state index in [0.717, 1.165) is 0 Å². The first-order valence-corrected chi connectivity index (χ1v) is 4.50. The summed E-state index contributed by atoms with van der Waals surface area (Å²) >= 11 is 0. The van der Waals surface area contributed by atoms with Crippen LogP contribution in [0.4, 0.5) is 10.2 Å². The van der Waals surface area contributed by atoms with E-state index in [0.29, 0.717) is 5.69 Å². The lowest BCUT2D eigenvalue weighted by Crippen LogP contribution is -1.90. The van der Waals surface area contributed by atoms with E-state index in [1.54, 1.807) is 0 Å². The van der Waals surface area contributed by atoms with E-state index in [2.05, 4.69) is 10.2 Å². The number of halogens is 1. The van der Waals surface area contributed by atoms with E-state index in [1.165, 1.54) is 25.3 Å². The number of hydrogen-bond acceptors (Lipinski definition) is 4. The van der Waals surface area contributed by atoms with Gasteiger partial charge in [-0.25, -0.2) is 0 Å². The maximum atomic E-state index is 13.5. The molecular formula is C10H10FN3O2. The summed E-state index contributed by atoms with van der Waals surface area (Å²) in [4.78, 5) is 0. The summed E-state index contributed by atoms with van der Waals surface area (Å²) in [5, 5.41) is 15.9. The number of aromatic nitrogens is 2. The van der Waals surface area contributed by atoms with Crippen molar-refractivity contribution in [2.45, 2.75) is 0 Å². The SMILES string of the molecule is COc1ccc(-c2cc(N)n[nH]2)c(O)c1F. The maximum absolute atomic E-state index is 13.5. The van der Waals surface area contributed by atoms with E-state index in [9.17, 15) is 9.50 Å². The Morgan fingerprint density at radius 1 is 1.50 bits per heavy atom. The molecule has 1 aromatic heterocycles. The van der Waals surface area contributed by atoms with Gasteiger partial charge in [-0.05, 0) is 12.1 Å². The second-order valence-corrected chi connectivity index (χ2v) is 3.18. The molecule has 16 heavy (non-hydrogen) atoms. The number of phenols is 1. The Morgan fingerprint density at radius 3 is 2.81 bits per heavy atom. The van der Waals surface area contributed by atoms with Crippen LogP contribution in [0, 0.1) is 5.82 Å². The lowest BCUT2D eigenvalue weighted by molar-refractivity contribution is 0.365. The number of rotatable bonds is 2. The number of nitrogens with two attached hydrogens (primary N) is 1. The molecule has 2 rings (SSSR count). The van der Waals surface area contributed by atoms with E-state index in [-0.39, 0.29) is 17.1 Å². The molecule has 2 aromatic rings. The summed E-state index contributed by atoms with van der Waals surface area (Å²) in [6.45, 7) is 0. The Kier molecular flexibility index (Phi) is 2.40. The average molecular weight is 223 g/mol. The Balaban J connectivity index is 2.55. The van der Waals surface area contributed by atoms with Gasteiger partial charge in [-0.15, -0.1) is 0 Å². The molecule has 1 aromatic carbocycles. The van der Waals surface area contributed by atoms with Crippen molar-refractivity contribution in [2.75, 3.05) is 12.8 Å². The number of hydrogen-bond donors (Lipinski definition) is 3. The summed E-state index contributed by atoms with van der Waals surface area (Å²) in [6.07, 6.45) is 0. The molecule has 0 radical (unpaired) electrons. The first-order valence-electron chi connectivity index (χ1n) is 4.50. The lowest BCUT2D eigenvalue weighted by atomic mass is 10.1. The Bertz CT molecular complexity index is 525. The van der Waals surface area contributed by atoms with Gasteiger partial charge < -0.3 is 15.6 Å². The molecule has 0 fully saturated rings. The highest BCUT2D eigenvalue weighted by Crippen LogP contribution is 2.35. The molecule has 0 aliphatic rings. The monoisotopic (exact) mass is 223 g/mol. The third-order valence-corrected chi connectivity index (χ3v) is 2.19. The number of benzene rings is 1. The number of phenolic OH excluding ortho intramolecular Hbond substituents is 1. The molecule has 0 atom stereocenters. The molecule has 0 aliphatic heterocycles. The van der Waals surface area contributed by atoms with Gasteiger partial charge in [0.15, 0.2) is 11.5 Å². The van der Waals surface area contributed by atoms with Crippen LogP contribution in [0.25, 0.3) is 11.3 Å². The molecule has 5 nitrogen and oxygen atoms in total. The number of aromatic amines is 1. The molecule has 4 N–H and O–H groups in total. The average Bonchev–Trinajstić information content (AvgIpc) is 2.69. The van der Waals surface area contributed by atoms with Gasteiger partial charge in [-0.3, -0.25) is 5.10 Å². The number of H-pyrrole nitrogens is 1. The van der Waals surface area contributed by atoms with Gasteiger partial charge in [0, 0.05) is 11.6 Å². The number of nitrogen functional groups attached to an aromatic ring is 1. The topological polar surface area (TPSA) is 84.2 Å². The minimum Gasteiger partial charge on any atom is -0.504 e. The summed E-state index contributed by atoms with van der Waals surface area (Å²) < 4.78 is 18.3.